The molecule has 0 saturated heterocycles. The standard InChI is InChI=1S/C7H10BrN3S/c1-11(2)4-6-9-3-5(8)7(12)10-6/h3H,4H2,1-2H3,(H,9,10,12). The molecule has 0 aromatic carbocycles. The molecule has 66 valence electrons. The zero-order valence-electron chi connectivity index (χ0n) is 6.97. The van der Waals surface area contributed by atoms with Gasteiger partial charge in [0.15, 0.2) is 0 Å². The molecule has 0 unspecified atom stereocenters. The van der Waals surface area contributed by atoms with Gasteiger partial charge < -0.3 is 9.88 Å². The van der Waals surface area contributed by atoms with Crippen molar-refractivity contribution < 1.29 is 0 Å². The molecule has 1 N–H and O–H groups in total. The number of nitrogens with one attached hydrogen (secondary N) is 1. The molecule has 0 aliphatic rings. The Morgan fingerprint density at radius 1 is 1.67 bits per heavy atom. The summed E-state index contributed by atoms with van der Waals surface area (Å²) in [5, 5.41) is 0. The van der Waals surface area contributed by atoms with E-state index in [4.69, 9.17) is 12.2 Å². The highest BCUT2D eigenvalue weighted by Crippen LogP contribution is 2.08. The molecule has 0 aliphatic heterocycles. The minimum Gasteiger partial charge on any atom is -0.333 e. The van der Waals surface area contributed by atoms with Crippen LogP contribution in [0.5, 0.6) is 0 Å². The highest BCUT2D eigenvalue weighted by molar-refractivity contribution is 9.10. The quantitative estimate of drug-likeness (QED) is 0.812. The lowest BCUT2D eigenvalue weighted by atomic mass is 10.5. The second-order valence-electron chi connectivity index (χ2n) is 2.74. The fourth-order valence-electron chi connectivity index (χ4n) is 0.796. The van der Waals surface area contributed by atoms with Gasteiger partial charge in [0.25, 0.3) is 0 Å². The maximum Gasteiger partial charge on any atom is 0.121 e. The molecule has 0 amide bonds. The van der Waals surface area contributed by atoms with Crippen LogP contribution in [0.25, 0.3) is 0 Å². The van der Waals surface area contributed by atoms with Crippen LogP contribution in [0, 0.1) is 4.64 Å². The molecule has 1 aromatic heterocycles. The molecule has 0 fully saturated rings. The van der Waals surface area contributed by atoms with E-state index in [0.29, 0.717) is 4.64 Å². The third-order valence-corrected chi connectivity index (χ3v) is 2.46. The summed E-state index contributed by atoms with van der Waals surface area (Å²) in [5.41, 5.74) is 0. The molecular formula is C7H10BrN3S. The summed E-state index contributed by atoms with van der Waals surface area (Å²) in [4.78, 5) is 9.22. The molecule has 5 heteroatoms. The smallest absolute Gasteiger partial charge is 0.121 e. The van der Waals surface area contributed by atoms with Crippen LogP contribution >= 0.6 is 28.1 Å². The number of nitrogens with zero attached hydrogens (tertiary/aromatic N) is 2. The van der Waals surface area contributed by atoms with Crippen molar-refractivity contribution in [1.82, 2.24) is 14.9 Å². The number of hydrogen-bond donors (Lipinski definition) is 1. The van der Waals surface area contributed by atoms with Gasteiger partial charge in [-0.3, -0.25) is 0 Å². The Hall–Kier alpha value is -0.260. The van der Waals surface area contributed by atoms with E-state index in [1.54, 1.807) is 6.20 Å². The predicted molar refractivity (Wildman–Crippen MR) is 54.5 cm³/mol. The molecule has 0 atom stereocenters. The summed E-state index contributed by atoms with van der Waals surface area (Å²) >= 11 is 8.32. The lowest BCUT2D eigenvalue weighted by molar-refractivity contribution is 0.390. The second kappa shape index (κ2) is 4.11. The second-order valence-corrected chi connectivity index (χ2v) is 4.01. The summed E-state index contributed by atoms with van der Waals surface area (Å²) in [5.74, 6) is 0.883. The highest BCUT2D eigenvalue weighted by Gasteiger charge is 1.97. The van der Waals surface area contributed by atoms with Crippen LogP contribution in [-0.2, 0) is 6.54 Å². The average molecular weight is 248 g/mol. The largest absolute Gasteiger partial charge is 0.333 e. The SMILES string of the molecule is CN(C)Cc1ncc(Br)c(=S)[nH]1. The lowest BCUT2D eigenvalue weighted by Crippen LogP contribution is -2.13. The van der Waals surface area contributed by atoms with Gasteiger partial charge in [0, 0.05) is 6.20 Å². The van der Waals surface area contributed by atoms with Crippen molar-refractivity contribution in [3.05, 3.63) is 21.1 Å². The number of aromatic nitrogens is 2. The number of aromatic amines is 1. The summed E-state index contributed by atoms with van der Waals surface area (Å²) < 4.78 is 1.53. The van der Waals surface area contributed by atoms with Crippen molar-refractivity contribution in [2.24, 2.45) is 0 Å². The van der Waals surface area contributed by atoms with Crippen molar-refractivity contribution in [1.29, 1.82) is 0 Å². The summed E-state index contributed by atoms with van der Waals surface area (Å²) in [6, 6.07) is 0. The first-order valence-corrected chi connectivity index (χ1v) is 4.68. The minimum absolute atomic E-state index is 0.696. The van der Waals surface area contributed by atoms with Crippen LogP contribution in [0.3, 0.4) is 0 Å². The highest BCUT2D eigenvalue weighted by atomic mass is 79.9. The Morgan fingerprint density at radius 3 is 2.83 bits per heavy atom. The maximum absolute atomic E-state index is 5.03. The lowest BCUT2D eigenvalue weighted by Gasteiger charge is -2.08. The Morgan fingerprint density at radius 2 is 2.33 bits per heavy atom. The molecule has 1 aromatic rings. The summed E-state index contributed by atoms with van der Waals surface area (Å²) in [6.07, 6.45) is 1.72. The van der Waals surface area contributed by atoms with Crippen LogP contribution in [0.2, 0.25) is 0 Å². The van der Waals surface area contributed by atoms with Gasteiger partial charge in [-0.2, -0.15) is 0 Å². The molecule has 0 saturated carbocycles. The molecule has 3 nitrogen and oxygen atoms in total. The molecule has 12 heavy (non-hydrogen) atoms. The van der Waals surface area contributed by atoms with Gasteiger partial charge in [-0.1, -0.05) is 12.2 Å². The number of hydrogen-bond acceptors (Lipinski definition) is 3. The predicted octanol–water partition coefficient (Wildman–Crippen LogP) is 1.96. The van der Waals surface area contributed by atoms with E-state index in [-0.39, 0.29) is 0 Å². The van der Waals surface area contributed by atoms with E-state index in [1.807, 2.05) is 19.0 Å². The first-order valence-electron chi connectivity index (χ1n) is 3.48. The molecule has 0 spiro atoms. The van der Waals surface area contributed by atoms with Crippen molar-refractivity contribution >= 4 is 28.1 Å². The first kappa shape index (κ1) is 9.83. The minimum atomic E-state index is 0.696. The van der Waals surface area contributed by atoms with Gasteiger partial charge in [-0.15, -0.1) is 0 Å². The molecule has 0 bridgehead atoms. The van der Waals surface area contributed by atoms with E-state index in [1.165, 1.54) is 0 Å². The van der Waals surface area contributed by atoms with Crippen molar-refractivity contribution in [2.45, 2.75) is 6.54 Å². The zero-order chi connectivity index (χ0) is 9.14. The number of H-pyrrole nitrogens is 1. The van der Waals surface area contributed by atoms with Gasteiger partial charge >= 0.3 is 0 Å². The van der Waals surface area contributed by atoms with E-state index >= 15 is 0 Å². The van der Waals surface area contributed by atoms with Gasteiger partial charge in [-0.25, -0.2) is 4.98 Å². The number of rotatable bonds is 2. The van der Waals surface area contributed by atoms with Crippen LogP contribution < -0.4 is 0 Å². The molecule has 1 rings (SSSR count). The van der Waals surface area contributed by atoms with E-state index in [2.05, 4.69) is 25.9 Å². The fraction of sp³-hybridized carbons (Fsp3) is 0.429. The van der Waals surface area contributed by atoms with Crippen molar-refractivity contribution in [3.63, 3.8) is 0 Å². The maximum atomic E-state index is 5.03. The summed E-state index contributed by atoms with van der Waals surface area (Å²) in [7, 11) is 3.97. The normalized spacial score (nSPS) is 10.7. The molecule has 1 heterocycles. The topological polar surface area (TPSA) is 31.9 Å². The van der Waals surface area contributed by atoms with Crippen molar-refractivity contribution in [3.8, 4) is 0 Å². The molecule has 0 aliphatic carbocycles. The first-order chi connectivity index (χ1) is 5.59. The Balaban J connectivity index is 2.90. The number of halogens is 1. The zero-order valence-corrected chi connectivity index (χ0v) is 9.37. The fourth-order valence-corrected chi connectivity index (χ4v) is 1.17. The Kier molecular flexibility index (Phi) is 3.37. The van der Waals surface area contributed by atoms with Gasteiger partial charge in [0.1, 0.15) is 10.5 Å². The monoisotopic (exact) mass is 247 g/mol. The third kappa shape index (κ3) is 2.66. The van der Waals surface area contributed by atoms with Crippen LogP contribution in [0.1, 0.15) is 5.82 Å². The van der Waals surface area contributed by atoms with E-state index in [9.17, 15) is 0 Å². The van der Waals surface area contributed by atoms with Gasteiger partial charge in [0.05, 0.1) is 11.0 Å². The van der Waals surface area contributed by atoms with Crippen molar-refractivity contribution in [2.75, 3.05) is 14.1 Å². The third-order valence-electron chi connectivity index (χ3n) is 1.27. The van der Waals surface area contributed by atoms with Crippen LogP contribution in [0.4, 0.5) is 0 Å². The summed E-state index contributed by atoms with van der Waals surface area (Å²) in [6.45, 7) is 0.775. The average Bonchev–Trinajstić information content (AvgIpc) is 1.96. The van der Waals surface area contributed by atoms with E-state index in [0.717, 1.165) is 16.8 Å². The van der Waals surface area contributed by atoms with Gasteiger partial charge in [0.2, 0.25) is 0 Å². The van der Waals surface area contributed by atoms with Crippen LogP contribution in [-0.4, -0.2) is 29.0 Å². The molecule has 0 radical (unpaired) electrons. The van der Waals surface area contributed by atoms with Gasteiger partial charge in [-0.05, 0) is 30.0 Å². The van der Waals surface area contributed by atoms with E-state index < -0.39 is 0 Å². The van der Waals surface area contributed by atoms with Crippen LogP contribution in [0.15, 0.2) is 10.7 Å². The Bertz CT molecular complexity index is 321. The molecular weight excluding hydrogens is 238 g/mol. The Labute approximate surface area is 85.0 Å².